The molecular formula is C16H22N+. The van der Waals surface area contributed by atoms with Crippen LogP contribution in [-0.4, -0.2) is 17.3 Å². The summed E-state index contributed by atoms with van der Waals surface area (Å²) in [7, 11) is 2.08. The van der Waals surface area contributed by atoms with Crippen molar-refractivity contribution in [3.05, 3.63) is 54.1 Å². The van der Waals surface area contributed by atoms with Crippen LogP contribution < -0.4 is 0 Å². The summed E-state index contributed by atoms with van der Waals surface area (Å²) in [6, 6.07) is 8.46. The molecule has 0 atom stereocenters. The van der Waals surface area contributed by atoms with Gasteiger partial charge in [0.15, 0.2) is 0 Å². The molecule has 1 nitrogen and oxygen atoms in total. The Kier molecular flexibility index (Phi) is 4.45. The van der Waals surface area contributed by atoms with E-state index >= 15 is 0 Å². The molecule has 1 rings (SSSR count). The first-order chi connectivity index (χ1) is 7.99. The van der Waals surface area contributed by atoms with Gasteiger partial charge in [0, 0.05) is 22.8 Å². The maximum atomic E-state index is 4.04. The van der Waals surface area contributed by atoms with E-state index in [4.69, 9.17) is 0 Å². The van der Waals surface area contributed by atoms with Crippen molar-refractivity contribution >= 4 is 11.4 Å². The molecular weight excluding hydrogens is 206 g/mol. The first kappa shape index (κ1) is 13.4. The molecule has 0 heterocycles. The number of hydrogen-bond acceptors (Lipinski definition) is 0. The number of rotatable bonds is 4. The van der Waals surface area contributed by atoms with Crippen molar-refractivity contribution in [3.8, 4) is 0 Å². The van der Waals surface area contributed by atoms with Crippen molar-refractivity contribution in [2.75, 3.05) is 7.05 Å². The minimum Gasteiger partial charge on any atom is -0.194 e. The lowest BCUT2D eigenvalue weighted by atomic mass is 10.1. The summed E-state index contributed by atoms with van der Waals surface area (Å²) in [6.07, 6.45) is 1.03. The second-order valence-electron chi connectivity index (χ2n) is 4.45. The van der Waals surface area contributed by atoms with E-state index in [1.54, 1.807) is 0 Å². The Morgan fingerprint density at radius 2 is 1.65 bits per heavy atom. The fraction of sp³-hybridized carbons (Fsp3) is 0.312. The first-order valence-electron chi connectivity index (χ1n) is 5.99. The zero-order chi connectivity index (χ0) is 13.0. The van der Waals surface area contributed by atoms with Gasteiger partial charge in [-0.2, -0.15) is 4.58 Å². The molecule has 0 N–H and O–H groups in total. The molecule has 0 spiro atoms. The van der Waals surface area contributed by atoms with E-state index in [9.17, 15) is 0 Å². The lowest BCUT2D eigenvalue weighted by molar-refractivity contribution is -0.404. The van der Waals surface area contributed by atoms with E-state index in [2.05, 4.69) is 56.0 Å². The minimum absolute atomic E-state index is 1.03. The molecule has 17 heavy (non-hydrogen) atoms. The van der Waals surface area contributed by atoms with Crippen LogP contribution in [0.15, 0.2) is 48.6 Å². The van der Waals surface area contributed by atoms with Gasteiger partial charge < -0.3 is 0 Å². The van der Waals surface area contributed by atoms with Gasteiger partial charge in [0.05, 0.1) is 0 Å². The van der Waals surface area contributed by atoms with Gasteiger partial charge in [-0.1, -0.05) is 38.3 Å². The van der Waals surface area contributed by atoms with Crippen LogP contribution >= 0.6 is 0 Å². The maximum absolute atomic E-state index is 4.04. The molecule has 0 aliphatic heterocycles. The van der Waals surface area contributed by atoms with Gasteiger partial charge in [-0.05, 0) is 20.3 Å². The van der Waals surface area contributed by atoms with Crippen molar-refractivity contribution in [1.29, 1.82) is 0 Å². The quantitative estimate of drug-likeness (QED) is 0.539. The Morgan fingerprint density at radius 3 is 2.12 bits per heavy atom. The molecule has 0 aromatic heterocycles. The third-order valence-electron chi connectivity index (χ3n) is 2.88. The lowest BCUT2D eigenvalue weighted by Gasteiger charge is -2.08. The van der Waals surface area contributed by atoms with Gasteiger partial charge in [-0.25, -0.2) is 0 Å². The molecule has 0 amide bonds. The van der Waals surface area contributed by atoms with E-state index < -0.39 is 0 Å². The van der Waals surface area contributed by atoms with Gasteiger partial charge >= 0.3 is 0 Å². The van der Waals surface area contributed by atoms with Crippen LogP contribution in [0.3, 0.4) is 0 Å². The molecule has 0 aliphatic carbocycles. The highest BCUT2D eigenvalue weighted by Gasteiger charge is 2.17. The summed E-state index contributed by atoms with van der Waals surface area (Å²) in [5.74, 6) is 0. The maximum Gasteiger partial charge on any atom is 0.210 e. The van der Waals surface area contributed by atoms with Crippen LogP contribution in [0.1, 0.15) is 26.3 Å². The fourth-order valence-corrected chi connectivity index (χ4v) is 2.19. The zero-order valence-corrected chi connectivity index (χ0v) is 11.4. The molecule has 0 saturated heterocycles. The second-order valence-corrected chi connectivity index (χ2v) is 4.45. The summed E-state index contributed by atoms with van der Waals surface area (Å²) in [5.41, 5.74) is 5.79. The number of nitrogens with zero attached hydrogens (tertiary/aromatic N) is 1. The monoisotopic (exact) mass is 228 g/mol. The van der Waals surface area contributed by atoms with Gasteiger partial charge in [0.2, 0.25) is 11.4 Å². The highest BCUT2D eigenvalue weighted by Crippen LogP contribution is 2.20. The van der Waals surface area contributed by atoms with E-state index in [0.717, 1.165) is 23.3 Å². The van der Waals surface area contributed by atoms with Gasteiger partial charge in [-0.15, -0.1) is 0 Å². The number of para-hydroxylation sites is 1. The number of aryl methyl sites for hydroxylation is 1. The average molecular weight is 228 g/mol. The largest absolute Gasteiger partial charge is 0.210 e. The van der Waals surface area contributed by atoms with Crippen LogP contribution in [0.25, 0.3) is 0 Å². The highest BCUT2D eigenvalue weighted by molar-refractivity contribution is 6.07. The van der Waals surface area contributed by atoms with E-state index in [-0.39, 0.29) is 0 Å². The summed E-state index contributed by atoms with van der Waals surface area (Å²) in [6.45, 7) is 14.3. The zero-order valence-electron chi connectivity index (χ0n) is 11.4. The Balaban J connectivity index is 3.44. The molecule has 0 aliphatic rings. The molecule has 90 valence electrons. The standard InChI is InChI=1S/C16H22N/c1-7-14-10-8-9-11-15(14)17(6)16(12(2)3)13(4)5/h8-11H,2,4,7H2,1,3,5-6H3/q+1. The third kappa shape index (κ3) is 2.94. The normalized spacial score (nSPS) is 9.88. The molecule has 0 saturated carbocycles. The van der Waals surface area contributed by atoms with E-state index in [1.807, 2.05) is 13.8 Å². The molecule has 1 heteroatoms. The van der Waals surface area contributed by atoms with Crippen molar-refractivity contribution < 1.29 is 4.58 Å². The van der Waals surface area contributed by atoms with Gasteiger partial charge in [0.1, 0.15) is 7.05 Å². The Bertz CT molecular complexity index is 462. The molecule has 0 unspecified atom stereocenters. The number of benzene rings is 1. The highest BCUT2D eigenvalue weighted by atomic mass is 15.0. The smallest absolute Gasteiger partial charge is 0.194 e. The summed E-state index contributed by atoms with van der Waals surface area (Å²) in [4.78, 5) is 0. The average Bonchev–Trinajstić information content (AvgIpc) is 2.27. The van der Waals surface area contributed by atoms with E-state index in [0.29, 0.717) is 0 Å². The van der Waals surface area contributed by atoms with Crippen molar-refractivity contribution in [3.63, 3.8) is 0 Å². The number of allylic oxidation sites excluding steroid dienone is 2. The summed E-state index contributed by atoms with van der Waals surface area (Å²) in [5, 5.41) is 0. The molecule has 0 bridgehead atoms. The molecule has 0 fully saturated rings. The predicted molar refractivity (Wildman–Crippen MR) is 76.3 cm³/mol. The second kappa shape index (κ2) is 5.62. The van der Waals surface area contributed by atoms with Crippen LogP contribution in [0.4, 0.5) is 5.69 Å². The van der Waals surface area contributed by atoms with Gasteiger partial charge in [0.25, 0.3) is 0 Å². The Hall–Kier alpha value is -1.63. The first-order valence-corrected chi connectivity index (χ1v) is 5.99. The topological polar surface area (TPSA) is 3.01 Å². The van der Waals surface area contributed by atoms with Crippen LogP contribution in [0.2, 0.25) is 0 Å². The fourth-order valence-electron chi connectivity index (χ4n) is 2.19. The van der Waals surface area contributed by atoms with Gasteiger partial charge in [-0.3, -0.25) is 0 Å². The Morgan fingerprint density at radius 1 is 1.12 bits per heavy atom. The summed E-state index contributed by atoms with van der Waals surface area (Å²) < 4.78 is 2.18. The molecule has 1 aromatic carbocycles. The lowest BCUT2D eigenvalue weighted by Crippen LogP contribution is -2.16. The van der Waals surface area contributed by atoms with Crippen molar-refractivity contribution in [2.45, 2.75) is 27.2 Å². The third-order valence-corrected chi connectivity index (χ3v) is 2.88. The minimum atomic E-state index is 1.03. The van der Waals surface area contributed by atoms with E-state index in [1.165, 1.54) is 11.3 Å². The van der Waals surface area contributed by atoms with Crippen LogP contribution in [0, 0.1) is 0 Å². The Labute approximate surface area is 105 Å². The van der Waals surface area contributed by atoms with Crippen LogP contribution in [0.5, 0.6) is 0 Å². The van der Waals surface area contributed by atoms with Crippen molar-refractivity contribution in [2.24, 2.45) is 0 Å². The molecule has 1 aromatic rings. The van der Waals surface area contributed by atoms with Crippen molar-refractivity contribution in [1.82, 2.24) is 0 Å². The SMILES string of the molecule is C=C(C)C(C(=C)C)=[N+](C)c1ccccc1CC. The molecule has 0 radical (unpaired) electrons. The summed E-state index contributed by atoms with van der Waals surface area (Å²) >= 11 is 0. The predicted octanol–water partition coefficient (Wildman–Crippen LogP) is 4.12. The van der Waals surface area contributed by atoms with Crippen LogP contribution in [-0.2, 0) is 6.42 Å². The number of hydrogen-bond donors (Lipinski definition) is 0.